The number of rotatable bonds is 1. The third kappa shape index (κ3) is 1.08. The number of anilines is 1. The van der Waals surface area contributed by atoms with Crippen LogP contribution in [0, 0.1) is 5.92 Å². The smallest absolute Gasteiger partial charge is 0.259 e. The minimum Gasteiger partial charge on any atom is -0.297 e. The maximum absolute atomic E-state index is 12.0. The maximum Gasteiger partial charge on any atom is 0.259 e. The predicted molar refractivity (Wildman–Crippen MR) is 57.8 cm³/mol. The van der Waals surface area contributed by atoms with Crippen molar-refractivity contribution in [3.63, 3.8) is 0 Å². The van der Waals surface area contributed by atoms with Crippen LogP contribution in [0.15, 0.2) is 35.4 Å². The molecule has 1 aromatic rings. The predicted octanol–water partition coefficient (Wildman–Crippen LogP) is 0.134. The molecular formula is C11H9N3O2. The van der Waals surface area contributed by atoms with Crippen LogP contribution in [-0.2, 0) is 9.59 Å². The molecule has 2 heterocycles. The monoisotopic (exact) mass is 215 g/mol. The number of hydrazone groups is 1. The Kier molecular flexibility index (Phi) is 1.80. The van der Waals surface area contributed by atoms with E-state index in [1.165, 1.54) is 11.1 Å². The molecule has 16 heavy (non-hydrogen) atoms. The molecule has 1 N–H and O–H groups in total. The van der Waals surface area contributed by atoms with Gasteiger partial charge < -0.3 is 0 Å². The summed E-state index contributed by atoms with van der Waals surface area (Å²) >= 11 is 0. The quantitative estimate of drug-likeness (QED) is 0.677. The fraction of sp³-hybridized carbons (Fsp3) is 0.182. The van der Waals surface area contributed by atoms with Crippen molar-refractivity contribution < 1.29 is 9.59 Å². The Morgan fingerprint density at radius 3 is 2.56 bits per heavy atom. The molecular weight excluding hydrogens is 206 g/mol. The van der Waals surface area contributed by atoms with Gasteiger partial charge in [-0.05, 0) is 12.1 Å². The summed E-state index contributed by atoms with van der Waals surface area (Å²) in [6.07, 6.45) is 1.49. The Hall–Kier alpha value is -2.17. The second-order valence-corrected chi connectivity index (χ2v) is 3.76. The van der Waals surface area contributed by atoms with Crippen LogP contribution in [0.5, 0.6) is 0 Å². The van der Waals surface area contributed by atoms with Gasteiger partial charge in [0.2, 0.25) is 5.91 Å². The highest BCUT2D eigenvalue weighted by Crippen LogP contribution is 2.27. The van der Waals surface area contributed by atoms with Crippen molar-refractivity contribution in [2.24, 2.45) is 11.0 Å². The minimum absolute atomic E-state index is 0.213. The van der Waals surface area contributed by atoms with E-state index in [4.69, 9.17) is 0 Å². The second-order valence-electron chi connectivity index (χ2n) is 3.76. The first-order valence-corrected chi connectivity index (χ1v) is 5.00. The topological polar surface area (TPSA) is 61.8 Å². The van der Waals surface area contributed by atoms with Crippen LogP contribution in [0.4, 0.5) is 5.69 Å². The van der Waals surface area contributed by atoms with Crippen molar-refractivity contribution in [2.45, 2.75) is 6.04 Å². The van der Waals surface area contributed by atoms with Gasteiger partial charge in [0, 0.05) is 6.21 Å². The summed E-state index contributed by atoms with van der Waals surface area (Å²) in [5.74, 6) is -0.902. The Morgan fingerprint density at radius 2 is 1.88 bits per heavy atom. The lowest BCUT2D eigenvalue weighted by molar-refractivity contribution is -0.122. The molecule has 1 aromatic carbocycles. The van der Waals surface area contributed by atoms with Gasteiger partial charge in [0.15, 0.2) is 0 Å². The molecule has 1 fully saturated rings. The highest BCUT2D eigenvalue weighted by Gasteiger charge is 2.49. The van der Waals surface area contributed by atoms with Crippen molar-refractivity contribution in [1.82, 2.24) is 5.43 Å². The van der Waals surface area contributed by atoms with E-state index in [2.05, 4.69) is 10.5 Å². The van der Waals surface area contributed by atoms with Crippen molar-refractivity contribution in [3.8, 4) is 0 Å². The van der Waals surface area contributed by atoms with Crippen LogP contribution in [0.2, 0.25) is 0 Å². The van der Waals surface area contributed by atoms with E-state index < -0.39 is 12.0 Å². The number of fused-ring (bicyclic) bond motifs is 1. The molecule has 0 radical (unpaired) electrons. The second kappa shape index (κ2) is 3.16. The van der Waals surface area contributed by atoms with E-state index in [0.717, 1.165) is 0 Å². The Labute approximate surface area is 91.7 Å². The molecule has 0 bridgehead atoms. The Balaban J connectivity index is 2.01. The van der Waals surface area contributed by atoms with Crippen molar-refractivity contribution in [3.05, 3.63) is 30.3 Å². The van der Waals surface area contributed by atoms with E-state index in [0.29, 0.717) is 5.69 Å². The molecule has 3 rings (SSSR count). The van der Waals surface area contributed by atoms with Gasteiger partial charge in [-0.1, -0.05) is 18.2 Å². The number of nitrogens with zero attached hydrogens (tertiary/aromatic N) is 2. The van der Waals surface area contributed by atoms with Crippen molar-refractivity contribution in [2.75, 3.05) is 4.90 Å². The molecule has 2 aliphatic heterocycles. The summed E-state index contributed by atoms with van der Waals surface area (Å²) in [4.78, 5) is 25.1. The zero-order valence-corrected chi connectivity index (χ0v) is 8.33. The lowest BCUT2D eigenvalue weighted by atomic mass is 10.1. The van der Waals surface area contributed by atoms with Crippen LogP contribution in [0.3, 0.4) is 0 Å². The molecule has 5 heteroatoms. The molecule has 80 valence electrons. The maximum atomic E-state index is 12.0. The Morgan fingerprint density at radius 1 is 1.12 bits per heavy atom. The molecule has 0 aliphatic carbocycles. The minimum atomic E-state index is -0.521. The van der Waals surface area contributed by atoms with Crippen LogP contribution < -0.4 is 10.3 Å². The molecule has 0 aromatic heterocycles. The normalized spacial score (nSPS) is 27.1. The number of hydrogen-bond acceptors (Lipinski definition) is 4. The first kappa shape index (κ1) is 9.08. The molecule has 1 saturated heterocycles. The molecule has 0 saturated carbocycles. The van der Waals surface area contributed by atoms with Crippen LogP contribution >= 0.6 is 0 Å². The van der Waals surface area contributed by atoms with Gasteiger partial charge >= 0.3 is 0 Å². The number of benzene rings is 1. The SMILES string of the molecule is O=C1[C@H]2C=NN[C@H]2C(=O)N1c1ccccc1. The largest absolute Gasteiger partial charge is 0.297 e. The van der Waals surface area contributed by atoms with E-state index in [9.17, 15) is 9.59 Å². The zero-order chi connectivity index (χ0) is 11.1. The van der Waals surface area contributed by atoms with Crippen LogP contribution in [0.1, 0.15) is 0 Å². The number of carbonyl (C=O) groups is 2. The first-order chi connectivity index (χ1) is 7.79. The first-order valence-electron chi connectivity index (χ1n) is 5.00. The summed E-state index contributed by atoms with van der Waals surface area (Å²) in [7, 11) is 0. The van der Waals surface area contributed by atoms with Gasteiger partial charge in [-0.25, -0.2) is 4.90 Å². The Bertz CT molecular complexity index is 483. The molecule has 0 spiro atoms. The number of carbonyl (C=O) groups excluding carboxylic acids is 2. The molecule has 2 amide bonds. The van der Waals surface area contributed by atoms with Gasteiger partial charge in [0.25, 0.3) is 5.91 Å². The fourth-order valence-electron chi connectivity index (χ4n) is 2.01. The van der Waals surface area contributed by atoms with Gasteiger partial charge in [-0.3, -0.25) is 15.0 Å². The molecule has 2 atom stereocenters. The lowest BCUT2D eigenvalue weighted by Crippen LogP contribution is -2.36. The van der Waals surface area contributed by atoms with Crippen molar-refractivity contribution in [1.29, 1.82) is 0 Å². The van der Waals surface area contributed by atoms with Gasteiger partial charge in [0.1, 0.15) is 12.0 Å². The molecule has 0 unspecified atom stereocenters. The summed E-state index contributed by atoms with van der Waals surface area (Å²) in [5.41, 5.74) is 3.27. The average molecular weight is 215 g/mol. The highest BCUT2D eigenvalue weighted by atomic mass is 16.2. The number of nitrogens with one attached hydrogen (secondary N) is 1. The van der Waals surface area contributed by atoms with E-state index in [-0.39, 0.29) is 11.8 Å². The molecule has 5 nitrogen and oxygen atoms in total. The lowest BCUT2D eigenvalue weighted by Gasteiger charge is -2.14. The van der Waals surface area contributed by atoms with Gasteiger partial charge in [0.05, 0.1) is 5.69 Å². The number of para-hydroxylation sites is 1. The summed E-state index contributed by atoms with van der Waals surface area (Å²) < 4.78 is 0. The number of hydrogen-bond donors (Lipinski definition) is 1. The summed E-state index contributed by atoms with van der Waals surface area (Å²) in [6, 6.07) is 8.40. The highest BCUT2D eigenvalue weighted by molar-refractivity contribution is 6.28. The van der Waals surface area contributed by atoms with E-state index >= 15 is 0 Å². The van der Waals surface area contributed by atoms with Crippen LogP contribution in [0.25, 0.3) is 0 Å². The standard InChI is InChI=1S/C11H9N3O2/c15-10-8-6-12-13-9(8)11(16)14(10)7-4-2-1-3-5-7/h1-6,8-9,13H/t8-,9+/m0/s1. The average Bonchev–Trinajstić information content (AvgIpc) is 2.86. The zero-order valence-electron chi connectivity index (χ0n) is 8.33. The molecule has 2 aliphatic rings. The van der Waals surface area contributed by atoms with Gasteiger partial charge in [-0.2, -0.15) is 5.10 Å². The van der Waals surface area contributed by atoms with Gasteiger partial charge in [-0.15, -0.1) is 0 Å². The summed E-state index contributed by atoms with van der Waals surface area (Å²) in [6.45, 7) is 0. The third-order valence-electron chi connectivity index (χ3n) is 2.81. The third-order valence-corrected chi connectivity index (χ3v) is 2.81. The van der Waals surface area contributed by atoms with Crippen LogP contribution in [-0.4, -0.2) is 24.1 Å². The van der Waals surface area contributed by atoms with E-state index in [1.54, 1.807) is 24.3 Å². The number of amides is 2. The summed E-state index contributed by atoms with van der Waals surface area (Å²) in [5, 5.41) is 3.75. The number of imide groups is 1. The van der Waals surface area contributed by atoms with Crippen molar-refractivity contribution >= 4 is 23.7 Å². The van der Waals surface area contributed by atoms with E-state index in [1.807, 2.05) is 6.07 Å². The fourth-order valence-corrected chi connectivity index (χ4v) is 2.01.